The number of hydrogen-bond acceptors (Lipinski definition) is 13. The minimum Gasteiger partial charge on any atom is -0.462 e. The molecule has 0 aliphatic heterocycles. The van der Waals surface area contributed by atoms with E-state index in [0.29, 0.717) is 25.7 Å². The molecule has 1 saturated carbocycles. The van der Waals surface area contributed by atoms with Gasteiger partial charge in [0.25, 0.3) is 0 Å². The summed E-state index contributed by atoms with van der Waals surface area (Å²) in [6.45, 7) is 1.83. The third-order valence-electron chi connectivity index (χ3n) is 10.6. The lowest BCUT2D eigenvalue weighted by Crippen LogP contribution is -2.29. The first-order valence-corrected chi connectivity index (χ1v) is 24.0. The van der Waals surface area contributed by atoms with E-state index in [9.17, 15) is 44.3 Å². The fraction of sp³-hybridized carbons (Fsp3) is 0.841. The van der Waals surface area contributed by atoms with Crippen molar-refractivity contribution in [3.8, 4) is 0 Å². The summed E-state index contributed by atoms with van der Waals surface area (Å²) in [5.74, 6) is -2.25. The summed E-state index contributed by atoms with van der Waals surface area (Å²) in [5.41, 5.74) is 0. The van der Waals surface area contributed by atoms with Gasteiger partial charge in [-0.3, -0.25) is 23.4 Å². The Balaban J connectivity index is 2.48. The summed E-state index contributed by atoms with van der Waals surface area (Å²) in [6, 6.07) is 0. The van der Waals surface area contributed by atoms with E-state index in [-0.39, 0.29) is 37.9 Å². The molecule has 6 N–H and O–H groups in total. The van der Waals surface area contributed by atoms with Crippen LogP contribution in [0.5, 0.6) is 0 Å². The molecule has 14 nitrogen and oxygen atoms in total. The molecule has 1 aliphatic carbocycles. The van der Waals surface area contributed by atoms with Crippen LogP contribution in [0.2, 0.25) is 0 Å². The first-order chi connectivity index (χ1) is 28.3. The topological polar surface area (TPSA) is 227 Å². The number of hydrogen-bond donors (Lipinski definition) is 6. The monoisotopic (exact) mass is 863 g/mol. The van der Waals surface area contributed by atoms with Crippen molar-refractivity contribution in [1.29, 1.82) is 0 Å². The van der Waals surface area contributed by atoms with Crippen LogP contribution in [0.1, 0.15) is 168 Å². The second kappa shape index (κ2) is 34.6. The lowest BCUT2D eigenvalue weighted by atomic mass is 9.87. The van der Waals surface area contributed by atoms with Gasteiger partial charge in [0, 0.05) is 43.9 Å². The van der Waals surface area contributed by atoms with Crippen molar-refractivity contribution >= 4 is 25.5 Å². The van der Waals surface area contributed by atoms with Gasteiger partial charge in [-0.1, -0.05) is 109 Å². The van der Waals surface area contributed by atoms with Crippen molar-refractivity contribution in [2.24, 2.45) is 11.8 Å². The zero-order valence-corrected chi connectivity index (χ0v) is 36.9. The highest BCUT2D eigenvalue weighted by Gasteiger charge is 2.41. The van der Waals surface area contributed by atoms with Crippen molar-refractivity contribution in [3.05, 3.63) is 24.3 Å². The van der Waals surface area contributed by atoms with Gasteiger partial charge in [0.05, 0.1) is 38.1 Å². The number of aliphatic hydroxyl groups is 5. The molecular weight excluding hydrogens is 783 g/mol. The zero-order chi connectivity index (χ0) is 43.7. The highest BCUT2D eigenvalue weighted by Crippen LogP contribution is 2.43. The number of Topliss-reactive ketones (excluding diaryl/α,β-unsaturated/α-hetero) is 1. The van der Waals surface area contributed by atoms with E-state index in [2.05, 4.69) is 30.5 Å². The number of ketones is 1. The van der Waals surface area contributed by atoms with E-state index >= 15 is 0 Å². The molecule has 15 heteroatoms. The Morgan fingerprint density at radius 3 is 1.93 bits per heavy atom. The minimum atomic E-state index is -4.71. The third-order valence-corrected chi connectivity index (χ3v) is 11.5. The molecule has 0 bridgehead atoms. The van der Waals surface area contributed by atoms with Crippen molar-refractivity contribution in [3.63, 3.8) is 0 Å². The number of esters is 2. The lowest BCUT2D eigenvalue weighted by Gasteiger charge is -2.20. The minimum absolute atomic E-state index is 0.0443. The highest BCUT2D eigenvalue weighted by molar-refractivity contribution is 7.47. The summed E-state index contributed by atoms with van der Waals surface area (Å²) in [5, 5.41) is 49.6. The number of phosphoric ester groups is 1. The molecule has 0 radical (unpaired) electrons. The number of ether oxygens (including phenoxy) is 2. The smallest absolute Gasteiger partial charge is 0.462 e. The zero-order valence-electron chi connectivity index (χ0n) is 36.0. The summed E-state index contributed by atoms with van der Waals surface area (Å²) in [4.78, 5) is 48.0. The van der Waals surface area contributed by atoms with E-state index < -0.39 is 88.5 Å². The van der Waals surface area contributed by atoms with Crippen LogP contribution < -0.4 is 0 Å². The van der Waals surface area contributed by atoms with E-state index in [1.807, 2.05) is 0 Å². The largest absolute Gasteiger partial charge is 0.472 e. The standard InChI is InChI=1S/C44H79O14P/c1-3-5-7-8-9-10-11-12-13-14-15-16-17-18-20-26-44(52)58-38(34-57-59(53,54)56-32-37(48)31-45)33-55-43(51)25-22-21-24-36(47)29-40-39(41(49)30-42(40)50)28-27-35(46)23-19-6-4-2/h10-11,27-28,35,37-42,45-46,48-50H,3-9,12-26,29-34H2,1-2H3,(H,53,54)/b11-10-,28-27+/t35-,37-,38+,39+,40+,41+,42-/m0/s1. The molecule has 0 heterocycles. The van der Waals surface area contributed by atoms with Crippen LogP contribution in [0.4, 0.5) is 0 Å². The maximum Gasteiger partial charge on any atom is 0.472 e. The van der Waals surface area contributed by atoms with Gasteiger partial charge in [-0.25, -0.2) is 4.57 Å². The number of unbranched alkanes of at least 4 members (excludes halogenated alkanes) is 14. The maximum absolute atomic E-state index is 12.8. The molecule has 1 fully saturated rings. The lowest BCUT2D eigenvalue weighted by molar-refractivity contribution is -0.161. The molecule has 344 valence electrons. The first kappa shape index (κ1) is 55.0. The van der Waals surface area contributed by atoms with Crippen LogP contribution in [0.25, 0.3) is 0 Å². The third kappa shape index (κ3) is 29.0. The van der Waals surface area contributed by atoms with E-state index in [0.717, 1.165) is 57.8 Å². The Morgan fingerprint density at radius 1 is 0.712 bits per heavy atom. The average Bonchev–Trinajstić information content (AvgIpc) is 3.47. The van der Waals surface area contributed by atoms with Gasteiger partial charge in [-0.05, 0) is 51.4 Å². The second-order valence-corrected chi connectivity index (χ2v) is 17.5. The molecule has 8 atom stereocenters. The summed E-state index contributed by atoms with van der Waals surface area (Å²) in [7, 11) is -4.71. The van der Waals surface area contributed by atoms with E-state index in [1.165, 1.54) is 38.5 Å². The van der Waals surface area contributed by atoms with Crippen molar-refractivity contribution in [2.75, 3.05) is 26.4 Å². The Morgan fingerprint density at radius 2 is 1.27 bits per heavy atom. The van der Waals surface area contributed by atoms with Gasteiger partial charge in [-0.2, -0.15) is 0 Å². The molecule has 1 rings (SSSR count). The van der Waals surface area contributed by atoms with Crippen molar-refractivity contribution in [1.82, 2.24) is 0 Å². The van der Waals surface area contributed by atoms with E-state index in [4.69, 9.17) is 19.1 Å². The number of carbonyl (C=O) groups excluding carboxylic acids is 3. The predicted octanol–water partition coefficient (Wildman–Crippen LogP) is 7.34. The molecule has 0 amide bonds. The molecule has 59 heavy (non-hydrogen) atoms. The van der Waals surface area contributed by atoms with Gasteiger partial charge >= 0.3 is 19.8 Å². The van der Waals surface area contributed by atoms with Crippen LogP contribution in [-0.2, 0) is 37.5 Å². The number of allylic oxidation sites excluding steroid dienone is 2. The van der Waals surface area contributed by atoms with Crippen LogP contribution in [0.3, 0.4) is 0 Å². The fourth-order valence-electron chi connectivity index (χ4n) is 6.98. The van der Waals surface area contributed by atoms with Crippen LogP contribution >= 0.6 is 7.82 Å². The number of aliphatic hydroxyl groups excluding tert-OH is 5. The normalized spacial score (nSPS) is 20.8. The van der Waals surface area contributed by atoms with Gasteiger partial charge in [0.2, 0.25) is 0 Å². The van der Waals surface area contributed by atoms with Crippen LogP contribution in [0, 0.1) is 11.8 Å². The first-order valence-electron chi connectivity index (χ1n) is 22.5. The SMILES string of the molecule is CCCCCC/C=C\CCCCCCCCCC(=O)O[C@H](COC(=O)CCCCC(=O)C[C@@H]1[C@@H](/C=C/[C@@H](O)CCCCC)[C@H](O)C[C@@H]1O)COP(=O)(O)OC[C@@H](O)CO. The number of rotatable bonds is 38. The molecule has 1 aliphatic rings. The van der Waals surface area contributed by atoms with Crippen LogP contribution in [-0.4, -0.2) is 105 Å². The molecule has 0 aromatic carbocycles. The second-order valence-electron chi connectivity index (χ2n) is 16.0. The Kier molecular flexibility index (Phi) is 32.2. The van der Waals surface area contributed by atoms with Crippen molar-refractivity contribution in [2.45, 2.75) is 198 Å². The predicted molar refractivity (Wildman–Crippen MR) is 226 cm³/mol. The number of phosphoric acid groups is 1. The molecule has 0 aromatic heterocycles. The highest BCUT2D eigenvalue weighted by atomic mass is 31.2. The van der Waals surface area contributed by atoms with E-state index in [1.54, 1.807) is 12.2 Å². The Hall–Kier alpha value is -2.00. The van der Waals surface area contributed by atoms with Gasteiger partial charge in [0.1, 0.15) is 18.5 Å². The van der Waals surface area contributed by atoms with Gasteiger partial charge in [0.15, 0.2) is 6.10 Å². The fourth-order valence-corrected chi connectivity index (χ4v) is 7.77. The summed E-state index contributed by atoms with van der Waals surface area (Å²) < 4.78 is 32.6. The summed E-state index contributed by atoms with van der Waals surface area (Å²) in [6.07, 6.45) is 22.0. The molecule has 0 aromatic rings. The Labute approximate surface area is 353 Å². The molecule has 0 spiro atoms. The quantitative estimate of drug-likeness (QED) is 0.0155. The maximum atomic E-state index is 12.8. The molecular formula is C44H79O14P. The molecule has 0 saturated heterocycles. The average molecular weight is 863 g/mol. The summed E-state index contributed by atoms with van der Waals surface area (Å²) >= 11 is 0. The van der Waals surface area contributed by atoms with Gasteiger partial charge in [-0.15, -0.1) is 0 Å². The van der Waals surface area contributed by atoms with Gasteiger partial charge < -0.3 is 39.9 Å². The molecule has 1 unspecified atom stereocenters. The van der Waals surface area contributed by atoms with Crippen LogP contribution in [0.15, 0.2) is 24.3 Å². The Bertz CT molecular complexity index is 1210. The number of carbonyl (C=O) groups is 3. The van der Waals surface area contributed by atoms with Crippen molar-refractivity contribution < 1.29 is 67.9 Å².